The fraction of sp³-hybridized carbons (Fsp3) is 0.857. The Labute approximate surface area is 84.6 Å². The van der Waals surface area contributed by atoms with E-state index in [0.29, 0.717) is 0 Å². The third kappa shape index (κ3) is 3.56. The van der Waals surface area contributed by atoms with E-state index in [1.165, 1.54) is 0 Å². The summed E-state index contributed by atoms with van der Waals surface area (Å²) < 4.78 is -0.605. The minimum Gasteiger partial charge on any atom is -0.341 e. The molecular weight excluding hydrogens is 274 g/mol. The van der Waals surface area contributed by atoms with Crippen LogP contribution in [0.2, 0.25) is 0 Å². The van der Waals surface area contributed by atoms with Gasteiger partial charge in [0.1, 0.15) is 0 Å². The van der Waals surface area contributed by atoms with Crippen LogP contribution in [-0.2, 0) is 4.79 Å². The zero-order valence-corrected chi connectivity index (χ0v) is 10.2. The van der Waals surface area contributed by atoms with Crippen molar-refractivity contribution in [3.8, 4) is 0 Å². The average molecular weight is 287 g/mol. The van der Waals surface area contributed by atoms with Crippen LogP contribution >= 0.6 is 31.9 Å². The highest BCUT2D eigenvalue weighted by Gasteiger charge is 2.29. The Balaban J connectivity index is 4.22. The van der Waals surface area contributed by atoms with Gasteiger partial charge in [-0.3, -0.25) is 4.79 Å². The van der Waals surface area contributed by atoms with Crippen molar-refractivity contribution < 1.29 is 4.79 Å². The monoisotopic (exact) mass is 285 g/mol. The van der Waals surface area contributed by atoms with Crippen LogP contribution in [0.15, 0.2) is 0 Å². The fourth-order valence-corrected chi connectivity index (χ4v) is 1.29. The van der Waals surface area contributed by atoms with Crippen molar-refractivity contribution >= 4 is 37.8 Å². The molecule has 0 N–H and O–H groups in total. The molecule has 2 nitrogen and oxygen atoms in total. The van der Waals surface area contributed by atoms with Crippen LogP contribution in [0.3, 0.4) is 0 Å². The first-order valence-electron chi connectivity index (χ1n) is 3.60. The van der Waals surface area contributed by atoms with Gasteiger partial charge in [-0.2, -0.15) is 0 Å². The van der Waals surface area contributed by atoms with Crippen LogP contribution in [0.4, 0.5) is 0 Å². The van der Waals surface area contributed by atoms with Crippen molar-refractivity contribution in [1.29, 1.82) is 0 Å². The van der Waals surface area contributed by atoms with Gasteiger partial charge in [0, 0.05) is 13.1 Å². The minimum atomic E-state index is -0.605. The van der Waals surface area contributed by atoms with E-state index >= 15 is 0 Å². The third-order valence-corrected chi connectivity index (χ3v) is 2.10. The van der Waals surface area contributed by atoms with E-state index < -0.39 is 3.23 Å². The highest BCUT2D eigenvalue weighted by Crippen LogP contribution is 2.27. The van der Waals surface area contributed by atoms with Crippen molar-refractivity contribution in [3.63, 3.8) is 0 Å². The van der Waals surface area contributed by atoms with Crippen LogP contribution < -0.4 is 0 Å². The lowest BCUT2D eigenvalue weighted by molar-refractivity contribution is -0.130. The van der Waals surface area contributed by atoms with Crippen molar-refractivity contribution in [2.45, 2.75) is 24.0 Å². The molecule has 0 bridgehead atoms. The fourth-order valence-electron chi connectivity index (χ4n) is 0.788. The number of amides is 1. The van der Waals surface area contributed by atoms with Crippen LogP contribution in [0, 0.1) is 0 Å². The molecule has 11 heavy (non-hydrogen) atoms. The SMILES string of the molecule is CCN(CC)C(=O)C(C)(Br)Br. The Bertz CT molecular complexity index is 138. The maximum Gasteiger partial charge on any atom is 0.249 e. The second-order valence-electron chi connectivity index (χ2n) is 2.37. The Morgan fingerprint density at radius 2 is 1.73 bits per heavy atom. The number of carbonyl (C=O) groups excluding carboxylic acids is 1. The molecular formula is C7H13Br2NO. The molecule has 4 heteroatoms. The molecule has 1 amide bonds. The summed E-state index contributed by atoms with van der Waals surface area (Å²) in [7, 11) is 0. The van der Waals surface area contributed by atoms with Crippen LogP contribution in [0.25, 0.3) is 0 Å². The van der Waals surface area contributed by atoms with Gasteiger partial charge in [-0.05, 0) is 20.8 Å². The normalized spacial score (nSPS) is 11.4. The number of hydrogen-bond acceptors (Lipinski definition) is 1. The molecule has 0 spiro atoms. The summed E-state index contributed by atoms with van der Waals surface area (Å²) in [4.78, 5) is 13.2. The summed E-state index contributed by atoms with van der Waals surface area (Å²) in [6.45, 7) is 7.22. The molecule has 0 unspecified atom stereocenters. The first kappa shape index (κ1) is 11.4. The second kappa shape index (κ2) is 4.45. The number of alkyl halides is 2. The lowest BCUT2D eigenvalue weighted by Crippen LogP contribution is -2.39. The number of rotatable bonds is 3. The van der Waals surface area contributed by atoms with E-state index in [1.807, 2.05) is 13.8 Å². The van der Waals surface area contributed by atoms with E-state index in [4.69, 9.17) is 0 Å². The Hall–Kier alpha value is 0.430. The molecule has 0 radical (unpaired) electrons. The van der Waals surface area contributed by atoms with Gasteiger partial charge in [-0.25, -0.2) is 0 Å². The molecule has 0 fully saturated rings. The lowest BCUT2D eigenvalue weighted by Gasteiger charge is -2.24. The Morgan fingerprint density at radius 1 is 1.36 bits per heavy atom. The Kier molecular flexibility index (Phi) is 4.63. The van der Waals surface area contributed by atoms with Crippen LogP contribution in [0.5, 0.6) is 0 Å². The maximum absolute atomic E-state index is 11.5. The zero-order valence-electron chi connectivity index (χ0n) is 7.03. The van der Waals surface area contributed by atoms with Crippen molar-refractivity contribution in [2.75, 3.05) is 13.1 Å². The largest absolute Gasteiger partial charge is 0.341 e. The van der Waals surface area contributed by atoms with Crippen LogP contribution in [0.1, 0.15) is 20.8 Å². The van der Waals surface area contributed by atoms with E-state index in [2.05, 4.69) is 31.9 Å². The molecule has 0 aromatic rings. The molecule has 0 aliphatic heterocycles. The highest BCUT2D eigenvalue weighted by molar-refractivity contribution is 9.25. The molecule has 0 saturated carbocycles. The summed E-state index contributed by atoms with van der Waals surface area (Å²) in [6.07, 6.45) is 0. The van der Waals surface area contributed by atoms with Crippen molar-refractivity contribution in [3.05, 3.63) is 0 Å². The second-order valence-corrected chi connectivity index (χ2v) is 6.60. The lowest BCUT2D eigenvalue weighted by atomic mass is 10.4. The van der Waals surface area contributed by atoms with Crippen molar-refractivity contribution in [1.82, 2.24) is 4.90 Å². The van der Waals surface area contributed by atoms with Crippen molar-refractivity contribution in [2.24, 2.45) is 0 Å². The zero-order chi connectivity index (χ0) is 9.07. The van der Waals surface area contributed by atoms with Gasteiger partial charge in [-0.15, -0.1) is 0 Å². The van der Waals surface area contributed by atoms with Gasteiger partial charge < -0.3 is 4.90 Å². The highest BCUT2D eigenvalue weighted by atomic mass is 79.9. The summed E-state index contributed by atoms with van der Waals surface area (Å²) in [5.41, 5.74) is 0. The molecule has 0 rings (SSSR count). The first-order valence-corrected chi connectivity index (χ1v) is 5.19. The predicted octanol–water partition coefficient (Wildman–Crippen LogP) is 2.36. The van der Waals surface area contributed by atoms with E-state index in [0.717, 1.165) is 13.1 Å². The predicted molar refractivity (Wildman–Crippen MR) is 54.2 cm³/mol. The third-order valence-electron chi connectivity index (χ3n) is 1.43. The molecule has 0 saturated heterocycles. The van der Waals surface area contributed by atoms with Gasteiger partial charge in [0.25, 0.3) is 0 Å². The molecule has 66 valence electrons. The standard InChI is InChI=1S/C7H13Br2NO/c1-4-10(5-2)6(11)7(3,8)9/h4-5H2,1-3H3. The number of halogens is 2. The van der Waals surface area contributed by atoms with Gasteiger partial charge >= 0.3 is 0 Å². The molecule has 0 atom stereocenters. The first-order chi connectivity index (χ1) is 4.93. The van der Waals surface area contributed by atoms with Gasteiger partial charge in [-0.1, -0.05) is 31.9 Å². The number of nitrogens with zero attached hydrogens (tertiary/aromatic N) is 1. The van der Waals surface area contributed by atoms with Gasteiger partial charge in [0.15, 0.2) is 3.23 Å². The molecule has 0 aliphatic rings. The van der Waals surface area contributed by atoms with E-state index in [-0.39, 0.29) is 5.91 Å². The summed E-state index contributed by atoms with van der Waals surface area (Å²) in [5, 5.41) is 0. The quantitative estimate of drug-likeness (QED) is 0.730. The Morgan fingerprint density at radius 3 is 1.82 bits per heavy atom. The smallest absolute Gasteiger partial charge is 0.249 e. The average Bonchev–Trinajstić information content (AvgIpc) is 1.88. The van der Waals surface area contributed by atoms with E-state index in [9.17, 15) is 4.79 Å². The minimum absolute atomic E-state index is 0.0718. The number of hydrogen-bond donors (Lipinski definition) is 0. The molecule has 0 heterocycles. The number of carbonyl (C=O) groups is 1. The summed E-state index contributed by atoms with van der Waals surface area (Å²) in [5.74, 6) is 0.0718. The summed E-state index contributed by atoms with van der Waals surface area (Å²) >= 11 is 6.50. The van der Waals surface area contributed by atoms with Gasteiger partial charge in [0.05, 0.1) is 0 Å². The van der Waals surface area contributed by atoms with E-state index in [1.54, 1.807) is 11.8 Å². The molecule has 0 aliphatic carbocycles. The maximum atomic E-state index is 11.5. The topological polar surface area (TPSA) is 20.3 Å². The van der Waals surface area contributed by atoms with Gasteiger partial charge in [0.2, 0.25) is 5.91 Å². The van der Waals surface area contributed by atoms with Crippen LogP contribution in [-0.4, -0.2) is 27.1 Å². The molecule has 0 aromatic heterocycles. The summed E-state index contributed by atoms with van der Waals surface area (Å²) in [6, 6.07) is 0. The molecule has 0 aromatic carbocycles.